The van der Waals surface area contributed by atoms with Gasteiger partial charge in [0.05, 0.1) is 0 Å². The van der Waals surface area contributed by atoms with Gasteiger partial charge < -0.3 is 14.5 Å². The van der Waals surface area contributed by atoms with Crippen LogP contribution in [0.25, 0.3) is 0 Å². The number of hydrogen-bond donors (Lipinski definition) is 0. The van der Waals surface area contributed by atoms with Crippen molar-refractivity contribution in [3.8, 4) is 5.75 Å². The maximum absolute atomic E-state index is 13.6. The first-order valence-corrected chi connectivity index (χ1v) is 8.53. The maximum atomic E-state index is 13.6. The molecule has 1 aliphatic rings. The topological polar surface area (TPSA) is 32.8 Å². The first-order valence-electron chi connectivity index (χ1n) is 8.53. The Kier molecular flexibility index (Phi) is 5.22. The molecule has 132 valence electrons. The van der Waals surface area contributed by atoms with Crippen molar-refractivity contribution in [3.63, 3.8) is 0 Å². The Bertz CT molecular complexity index is 750. The van der Waals surface area contributed by atoms with Crippen molar-refractivity contribution in [2.24, 2.45) is 0 Å². The molecule has 1 aliphatic heterocycles. The fraction of sp³-hybridized carbons (Fsp3) is 0.350. The molecule has 25 heavy (non-hydrogen) atoms. The smallest absolute Gasteiger partial charge is 0.260 e. The summed E-state index contributed by atoms with van der Waals surface area (Å²) >= 11 is 0. The molecular weight excluding hydrogens is 319 g/mol. The molecule has 1 fully saturated rings. The summed E-state index contributed by atoms with van der Waals surface area (Å²) in [5, 5.41) is 0. The van der Waals surface area contributed by atoms with Gasteiger partial charge in [0.2, 0.25) is 0 Å². The number of rotatable bonds is 4. The highest BCUT2D eigenvalue weighted by molar-refractivity contribution is 5.78. The average Bonchev–Trinajstić information content (AvgIpc) is 2.60. The number of benzene rings is 2. The predicted molar refractivity (Wildman–Crippen MR) is 96.5 cm³/mol. The van der Waals surface area contributed by atoms with E-state index in [0.29, 0.717) is 13.1 Å². The van der Waals surface area contributed by atoms with Gasteiger partial charge in [-0.3, -0.25) is 4.79 Å². The zero-order valence-electron chi connectivity index (χ0n) is 14.6. The highest BCUT2D eigenvalue weighted by Gasteiger charge is 2.27. The summed E-state index contributed by atoms with van der Waals surface area (Å²) in [4.78, 5) is 16.5. The molecule has 1 amide bonds. The van der Waals surface area contributed by atoms with Gasteiger partial charge in [-0.2, -0.15) is 0 Å². The number of ether oxygens (including phenoxy) is 1. The van der Waals surface area contributed by atoms with Crippen molar-refractivity contribution < 1.29 is 13.9 Å². The van der Waals surface area contributed by atoms with E-state index in [1.54, 1.807) is 17.0 Å². The number of anilines is 1. The van der Waals surface area contributed by atoms with E-state index in [9.17, 15) is 9.18 Å². The summed E-state index contributed by atoms with van der Waals surface area (Å²) in [7, 11) is 0. The van der Waals surface area contributed by atoms with E-state index in [1.165, 1.54) is 23.4 Å². The number of carbonyl (C=O) groups excluding carboxylic acids is 1. The minimum absolute atomic E-state index is 0.112. The largest absolute Gasteiger partial charge is 0.481 e. The lowest BCUT2D eigenvalue weighted by Crippen LogP contribution is -2.54. The van der Waals surface area contributed by atoms with E-state index in [4.69, 9.17) is 4.74 Å². The van der Waals surface area contributed by atoms with Crippen LogP contribution in [0.4, 0.5) is 10.1 Å². The minimum Gasteiger partial charge on any atom is -0.481 e. The van der Waals surface area contributed by atoms with E-state index >= 15 is 0 Å². The highest BCUT2D eigenvalue weighted by atomic mass is 19.1. The zero-order valence-corrected chi connectivity index (χ0v) is 14.6. The van der Waals surface area contributed by atoms with Crippen molar-refractivity contribution in [1.82, 2.24) is 4.90 Å². The van der Waals surface area contributed by atoms with Crippen LogP contribution in [0.5, 0.6) is 5.75 Å². The van der Waals surface area contributed by atoms with Gasteiger partial charge in [0.15, 0.2) is 18.2 Å². The van der Waals surface area contributed by atoms with Gasteiger partial charge >= 0.3 is 0 Å². The molecule has 2 aromatic carbocycles. The Morgan fingerprint density at radius 3 is 2.72 bits per heavy atom. The molecule has 0 N–H and O–H groups in total. The van der Waals surface area contributed by atoms with Crippen molar-refractivity contribution in [3.05, 3.63) is 59.9 Å². The molecule has 0 aliphatic carbocycles. The molecule has 1 unspecified atom stereocenters. The monoisotopic (exact) mass is 342 g/mol. The van der Waals surface area contributed by atoms with Crippen molar-refractivity contribution in [1.29, 1.82) is 0 Å². The number of piperazine rings is 1. The number of halogens is 1. The van der Waals surface area contributed by atoms with E-state index in [1.807, 2.05) is 0 Å². The zero-order chi connectivity index (χ0) is 17.8. The second kappa shape index (κ2) is 7.55. The number of nitrogens with zero attached hydrogens (tertiary/aromatic N) is 2. The summed E-state index contributed by atoms with van der Waals surface area (Å²) in [6.45, 7) is 6.09. The second-order valence-electron chi connectivity index (χ2n) is 6.44. The van der Waals surface area contributed by atoms with Crippen LogP contribution in [0.15, 0.2) is 48.5 Å². The van der Waals surface area contributed by atoms with Gasteiger partial charge in [0.1, 0.15) is 0 Å². The molecule has 0 spiro atoms. The number of aryl methyl sites for hydroxylation is 1. The lowest BCUT2D eigenvalue weighted by Gasteiger charge is -2.41. The van der Waals surface area contributed by atoms with Crippen molar-refractivity contribution in [2.75, 3.05) is 31.1 Å². The quantitative estimate of drug-likeness (QED) is 0.855. The fourth-order valence-electron chi connectivity index (χ4n) is 3.17. The Hall–Kier alpha value is -2.56. The van der Waals surface area contributed by atoms with Crippen molar-refractivity contribution in [2.45, 2.75) is 19.9 Å². The molecule has 0 aromatic heterocycles. The first kappa shape index (κ1) is 17.3. The molecule has 2 aromatic rings. The lowest BCUT2D eigenvalue weighted by atomic mass is 10.1. The van der Waals surface area contributed by atoms with Gasteiger partial charge in [0, 0.05) is 31.4 Å². The third-order valence-electron chi connectivity index (χ3n) is 4.50. The molecule has 5 heteroatoms. The highest BCUT2D eigenvalue weighted by Crippen LogP contribution is 2.22. The van der Waals surface area contributed by atoms with Crippen molar-refractivity contribution >= 4 is 11.6 Å². The molecule has 3 rings (SSSR count). The molecule has 0 radical (unpaired) electrons. The van der Waals surface area contributed by atoms with E-state index in [0.717, 1.165) is 6.54 Å². The Morgan fingerprint density at radius 1 is 1.20 bits per heavy atom. The van der Waals surface area contributed by atoms with Gasteiger partial charge in [-0.25, -0.2) is 4.39 Å². The number of hydrogen-bond acceptors (Lipinski definition) is 3. The van der Waals surface area contributed by atoms with Gasteiger partial charge in [-0.05, 0) is 43.7 Å². The summed E-state index contributed by atoms with van der Waals surface area (Å²) < 4.78 is 18.9. The predicted octanol–water partition coefficient (Wildman–Crippen LogP) is 3.25. The number of amides is 1. The SMILES string of the molecule is Cc1cccc(N2CCN(C(=O)COc3ccccc3F)CC2C)c1. The van der Waals surface area contributed by atoms with Crippen LogP contribution in [0.2, 0.25) is 0 Å². The summed E-state index contributed by atoms with van der Waals surface area (Å²) in [5.41, 5.74) is 2.41. The third-order valence-corrected chi connectivity index (χ3v) is 4.50. The van der Waals surface area contributed by atoms with E-state index in [-0.39, 0.29) is 24.3 Å². The van der Waals surface area contributed by atoms with Gasteiger partial charge in [-0.15, -0.1) is 0 Å². The molecule has 1 heterocycles. The van der Waals surface area contributed by atoms with Crippen LogP contribution in [-0.4, -0.2) is 43.1 Å². The molecular formula is C20H23FN2O2. The normalized spacial score (nSPS) is 17.5. The van der Waals surface area contributed by atoms with Crippen LogP contribution in [-0.2, 0) is 4.79 Å². The van der Waals surface area contributed by atoms with Crippen LogP contribution >= 0.6 is 0 Å². The fourth-order valence-corrected chi connectivity index (χ4v) is 3.17. The van der Waals surface area contributed by atoms with Crippen LogP contribution in [0.3, 0.4) is 0 Å². The van der Waals surface area contributed by atoms with Gasteiger partial charge in [-0.1, -0.05) is 24.3 Å². The van der Waals surface area contributed by atoms with E-state index < -0.39 is 5.82 Å². The minimum atomic E-state index is -0.451. The number of carbonyl (C=O) groups is 1. The first-order chi connectivity index (χ1) is 12.0. The standard InChI is InChI=1S/C20H23FN2O2/c1-15-6-5-7-17(12-15)23-11-10-22(13-16(23)2)20(24)14-25-19-9-4-3-8-18(19)21/h3-9,12,16H,10-11,13-14H2,1-2H3. The van der Waals surface area contributed by atoms with Crippen LogP contribution in [0.1, 0.15) is 12.5 Å². The average molecular weight is 342 g/mol. The summed E-state index contributed by atoms with van der Waals surface area (Å²) in [5.74, 6) is -0.450. The van der Waals surface area contributed by atoms with Crippen LogP contribution in [0, 0.1) is 12.7 Å². The third kappa shape index (κ3) is 4.10. The van der Waals surface area contributed by atoms with Crippen LogP contribution < -0.4 is 9.64 Å². The molecule has 0 bridgehead atoms. The maximum Gasteiger partial charge on any atom is 0.260 e. The van der Waals surface area contributed by atoms with E-state index in [2.05, 4.69) is 43.0 Å². The lowest BCUT2D eigenvalue weighted by molar-refractivity contribution is -0.134. The summed E-state index contributed by atoms with van der Waals surface area (Å²) in [6.07, 6.45) is 0. The molecule has 4 nitrogen and oxygen atoms in total. The Labute approximate surface area is 147 Å². The summed E-state index contributed by atoms with van der Waals surface area (Å²) in [6, 6.07) is 14.7. The molecule has 1 saturated heterocycles. The number of para-hydroxylation sites is 1. The molecule has 1 atom stereocenters. The van der Waals surface area contributed by atoms with Gasteiger partial charge in [0.25, 0.3) is 5.91 Å². The Morgan fingerprint density at radius 2 is 2.00 bits per heavy atom. The molecule has 0 saturated carbocycles. The Balaban J connectivity index is 1.57. The second-order valence-corrected chi connectivity index (χ2v) is 6.44.